The molecule has 0 aromatic heterocycles. The SMILES string of the molecule is C=C1C(=C)C(Nc2cc(CNC(=O)C(/C=C(\C)C(=C)NC(C(=C)N)c3ccc(C(=C)C)cc3)=N\C(C)=N\N)ccc2F)=C1N. The highest BCUT2D eigenvalue weighted by Gasteiger charge is 2.25. The van der Waals surface area contributed by atoms with Gasteiger partial charge in [-0.25, -0.2) is 9.38 Å². The Kier molecular flexibility index (Phi) is 10.5. The molecule has 1 aliphatic rings. The van der Waals surface area contributed by atoms with Gasteiger partial charge in [-0.15, -0.1) is 0 Å². The Morgan fingerprint density at radius 3 is 2.27 bits per heavy atom. The first-order chi connectivity index (χ1) is 20.7. The normalized spacial score (nSPS) is 14.5. The van der Waals surface area contributed by atoms with Gasteiger partial charge in [-0.1, -0.05) is 68.8 Å². The molecule has 9 nitrogen and oxygen atoms in total. The van der Waals surface area contributed by atoms with E-state index < -0.39 is 17.8 Å². The lowest BCUT2D eigenvalue weighted by molar-refractivity contribution is -0.114. The number of benzene rings is 2. The fourth-order valence-electron chi connectivity index (χ4n) is 4.18. The lowest BCUT2D eigenvalue weighted by Crippen LogP contribution is -2.31. The quantitative estimate of drug-likeness (QED) is 0.0654. The van der Waals surface area contributed by atoms with E-state index in [0.717, 1.165) is 16.7 Å². The lowest BCUT2D eigenvalue weighted by Gasteiger charge is -2.27. The molecule has 44 heavy (non-hydrogen) atoms. The smallest absolute Gasteiger partial charge is 0.270 e. The summed E-state index contributed by atoms with van der Waals surface area (Å²) in [6, 6.07) is 11.8. The molecule has 1 amide bonds. The monoisotopic (exact) mass is 594 g/mol. The summed E-state index contributed by atoms with van der Waals surface area (Å²) < 4.78 is 14.5. The van der Waals surface area contributed by atoms with Crippen LogP contribution in [-0.2, 0) is 11.3 Å². The summed E-state index contributed by atoms with van der Waals surface area (Å²) in [7, 11) is 0. The second kappa shape index (κ2) is 14.0. The number of amides is 1. The van der Waals surface area contributed by atoms with Crippen molar-refractivity contribution in [2.45, 2.75) is 33.4 Å². The zero-order chi connectivity index (χ0) is 32.7. The highest BCUT2D eigenvalue weighted by atomic mass is 19.1. The number of rotatable bonds is 12. The summed E-state index contributed by atoms with van der Waals surface area (Å²) in [5.74, 6) is 4.57. The Morgan fingerprint density at radius 2 is 1.70 bits per heavy atom. The van der Waals surface area contributed by atoms with E-state index in [-0.39, 0.29) is 23.8 Å². The number of allylic oxidation sites excluding steroid dienone is 4. The van der Waals surface area contributed by atoms with E-state index in [9.17, 15) is 9.18 Å². The molecule has 1 aliphatic carbocycles. The Labute approximate surface area is 257 Å². The Balaban J connectivity index is 1.77. The van der Waals surface area contributed by atoms with Gasteiger partial charge in [0.2, 0.25) is 0 Å². The molecular weight excluding hydrogens is 555 g/mol. The number of aliphatic imine (C=N–C) groups is 1. The molecule has 9 N–H and O–H groups in total. The summed E-state index contributed by atoms with van der Waals surface area (Å²) in [6.07, 6.45) is 1.56. The standard InChI is InChI=1S/C34H39FN8O/c1-18(2)26-10-12-27(13-11-26)33(22(6)36)40-23(7)19(3)15-30(41-24(8)43-38)34(44)39-17-25-9-14-28(35)29(16-25)42-32-21(5)20(4)31(32)37/h9-16,33,40,42H,1,4-7,17,36-38H2,2-3,8H3,(H,39,44)/b19-15+,41-30-,43-24+. The molecule has 1 unspecified atom stereocenters. The maximum absolute atomic E-state index is 14.5. The Hall–Kier alpha value is -5.64. The van der Waals surface area contributed by atoms with Gasteiger partial charge in [0.05, 0.1) is 23.1 Å². The number of nitrogens with zero attached hydrogens (tertiary/aromatic N) is 2. The molecule has 0 saturated heterocycles. The van der Waals surface area contributed by atoms with Crippen molar-refractivity contribution in [1.29, 1.82) is 0 Å². The van der Waals surface area contributed by atoms with Crippen LogP contribution in [0.15, 0.2) is 131 Å². The summed E-state index contributed by atoms with van der Waals surface area (Å²) >= 11 is 0. The van der Waals surface area contributed by atoms with Gasteiger partial charge < -0.3 is 33.3 Å². The van der Waals surface area contributed by atoms with Crippen LogP contribution in [0.4, 0.5) is 10.1 Å². The third kappa shape index (κ3) is 7.80. The van der Waals surface area contributed by atoms with Crippen molar-refractivity contribution < 1.29 is 9.18 Å². The number of nitrogens with one attached hydrogen (secondary N) is 3. The van der Waals surface area contributed by atoms with Gasteiger partial charge in [-0.3, -0.25) is 4.79 Å². The molecule has 10 heteroatoms. The van der Waals surface area contributed by atoms with Gasteiger partial charge in [-0.05, 0) is 61.2 Å². The maximum atomic E-state index is 14.5. The first kappa shape index (κ1) is 32.9. The van der Waals surface area contributed by atoms with Crippen LogP contribution in [-0.4, -0.2) is 17.5 Å². The van der Waals surface area contributed by atoms with Crippen molar-refractivity contribution in [2.75, 3.05) is 5.32 Å². The van der Waals surface area contributed by atoms with E-state index in [1.807, 2.05) is 31.2 Å². The number of hydrogen-bond acceptors (Lipinski definition) is 7. The van der Waals surface area contributed by atoms with Crippen molar-refractivity contribution in [3.05, 3.63) is 143 Å². The van der Waals surface area contributed by atoms with Gasteiger partial charge >= 0.3 is 0 Å². The average Bonchev–Trinajstić information content (AvgIpc) is 3.00. The number of hydrogen-bond donors (Lipinski definition) is 6. The minimum atomic E-state index is -0.509. The molecule has 2 aromatic rings. The minimum Gasteiger partial charge on any atom is -0.401 e. The zero-order valence-electron chi connectivity index (χ0n) is 25.4. The fourth-order valence-corrected chi connectivity index (χ4v) is 4.18. The lowest BCUT2D eigenvalue weighted by atomic mass is 9.90. The molecule has 0 bridgehead atoms. The highest BCUT2D eigenvalue weighted by molar-refractivity contribution is 6.45. The Bertz CT molecular complexity index is 1680. The Morgan fingerprint density at radius 1 is 1.05 bits per heavy atom. The molecule has 0 radical (unpaired) electrons. The minimum absolute atomic E-state index is 0.0359. The van der Waals surface area contributed by atoms with E-state index in [2.05, 4.69) is 58.9 Å². The molecule has 3 rings (SSSR count). The molecule has 228 valence electrons. The van der Waals surface area contributed by atoms with Crippen molar-refractivity contribution in [1.82, 2.24) is 10.6 Å². The van der Waals surface area contributed by atoms with Crippen LogP contribution in [0, 0.1) is 5.82 Å². The first-order valence-corrected chi connectivity index (χ1v) is 13.6. The van der Waals surface area contributed by atoms with Gasteiger partial charge in [-0.2, -0.15) is 5.10 Å². The van der Waals surface area contributed by atoms with Crippen molar-refractivity contribution in [3.8, 4) is 0 Å². The number of anilines is 1. The van der Waals surface area contributed by atoms with Gasteiger partial charge in [0.1, 0.15) is 17.4 Å². The summed E-state index contributed by atoms with van der Waals surface area (Å²) in [5, 5.41) is 12.6. The molecule has 0 heterocycles. The molecule has 0 saturated carbocycles. The number of nitrogens with two attached hydrogens (primary N) is 3. The highest BCUT2D eigenvalue weighted by Crippen LogP contribution is 2.35. The molecule has 2 aromatic carbocycles. The third-order valence-electron chi connectivity index (χ3n) is 6.96. The van der Waals surface area contributed by atoms with Gasteiger partial charge in [0.25, 0.3) is 5.91 Å². The maximum Gasteiger partial charge on any atom is 0.270 e. The van der Waals surface area contributed by atoms with Crippen LogP contribution >= 0.6 is 0 Å². The van der Waals surface area contributed by atoms with Crippen LogP contribution in [0.1, 0.15) is 43.5 Å². The molecule has 0 aliphatic heterocycles. The number of carbonyl (C=O) groups is 1. The van der Waals surface area contributed by atoms with Crippen LogP contribution in [0.5, 0.6) is 0 Å². The first-order valence-electron chi connectivity index (χ1n) is 13.6. The van der Waals surface area contributed by atoms with Crippen LogP contribution in [0.25, 0.3) is 5.57 Å². The van der Waals surface area contributed by atoms with E-state index in [4.69, 9.17) is 17.3 Å². The summed E-state index contributed by atoms with van der Waals surface area (Å²) in [6.45, 7) is 25.0. The number of hydrazone groups is 1. The van der Waals surface area contributed by atoms with Crippen molar-refractivity contribution >= 4 is 28.7 Å². The topological polar surface area (TPSA) is 156 Å². The van der Waals surface area contributed by atoms with Crippen LogP contribution in [0.3, 0.4) is 0 Å². The summed E-state index contributed by atoms with van der Waals surface area (Å²) in [5.41, 5.74) is 19.4. The average molecular weight is 595 g/mol. The third-order valence-corrected chi connectivity index (χ3v) is 6.96. The number of halogens is 1. The number of carbonyl (C=O) groups excluding carboxylic acids is 1. The molecular formula is C34H39FN8O. The second-order valence-electron chi connectivity index (χ2n) is 10.4. The molecule has 0 spiro atoms. The van der Waals surface area contributed by atoms with Crippen LogP contribution < -0.4 is 33.3 Å². The van der Waals surface area contributed by atoms with Crippen molar-refractivity contribution in [2.24, 2.45) is 27.4 Å². The van der Waals surface area contributed by atoms with E-state index in [1.54, 1.807) is 32.1 Å². The van der Waals surface area contributed by atoms with Gasteiger partial charge in [0.15, 0.2) is 0 Å². The van der Waals surface area contributed by atoms with Crippen molar-refractivity contribution in [3.63, 3.8) is 0 Å². The zero-order valence-corrected chi connectivity index (χ0v) is 25.4. The van der Waals surface area contributed by atoms with E-state index >= 15 is 0 Å². The van der Waals surface area contributed by atoms with E-state index in [1.165, 1.54) is 6.07 Å². The predicted molar refractivity (Wildman–Crippen MR) is 179 cm³/mol. The predicted octanol–water partition coefficient (Wildman–Crippen LogP) is 5.18. The summed E-state index contributed by atoms with van der Waals surface area (Å²) in [4.78, 5) is 17.5. The fraction of sp³-hybridized carbons (Fsp3) is 0.147. The second-order valence-corrected chi connectivity index (χ2v) is 10.4. The molecule has 1 atom stereocenters. The number of amidine groups is 1. The van der Waals surface area contributed by atoms with Crippen LogP contribution in [0.2, 0.25) is 0 Å². The van der Waals surface area contributed by atoms with Gasteiger partial charge in [0, 0.05) is 29.1 Å². The van der Waals surface area contributed by atoms with E-state index in [0.29, 0.717) is 45.1 Å². The molecule has 0 fully saturated rings. The largest absolute Gasteiger partial charge is 0.401 e.